The molecule has 1 aliphatic rings. The fourth-order valence-corrected chi connectivity index (χ4v) is 3.43. The molecule has 2 N–H and O–H groups in total. The fraction of sp³-hybridized carbons (Fsp3) is 0.625. The van der Waals surface area contributed by atoms with Gasteiger partial charge in [-0.2, -0.15) is 0 Å². The van der Waals surface area contributed by atoms with E-state index in [0.29, 0.717) is 17.0 Å². The molecular weight excluding hydrogens is 277 g/mol. The Morgan fingerprint density at radius 3 is 2.50 bits per heavy atom. The summed E-state index contributed by atoms with van der Waals surface area (Å²) in [6, 6.07) is 4.52. The van der Waals surface area contributed by atoms with Crippen molar-refractivity contribution in [2.45, 2.75) is 56.6 Å². The minimum absolute atomic E-state index is 0.236. The van der Waals surface area contributed by atoms with Crippen molar-refractivity contribution >= 4 is 11.6 Å². The zero-order valence-electron chi connectivity index (χ0n) is 12.0. The lowest BCUT2D eigenvalue weighted by Gasteiger charge is -2.37. The SMILES string of the molecule is COC1(C(N)Cc2c(F)cccc2Cl)CCCCCC1. The Morgan fingerprint density at radius 2 is 1.95 bits per heavy atom. The molecule has 1 unspecified atom stereocenters. The molecule has 2 rings (SSSR count). The largest absolute Gasteiger partial charge is 0.377 e. The van der Waals surface area contributed by atoms with Crippen LogP contribution in [0.5, 0.6) is 0 Å². The van der Waals surface area contributed by atoms with Gasteiger partial charge in [0.2, 0.25) is 0 Å². The highest BCUT2D eigenvalue weighted by Crippen LogP contribution is 2.34. The predicted octanol–water partition coefficient (Wildman–Crippen LogP) is 4.09. The lowest BCUT2D eigenvalue weighted by Crippen LogP contribution is -2.50. The number of hydrogen-bond donors (Lipinski definition) is 1. The van der Waals surface area contributed by atoms with Gasteiger partial charge in [-0.3, -0.25) is 0 Å². The van der Waals surface area contributed by atoms with Gasteiger partial charge < -0.3 is 10.5 Å². The summed E-state index contributed by atoms with van der Waals surface area (Å²) in [5, 5.41) is 0.445. The van der Waals surface area contributed by atoms with E-state index in [2.05, 4.69) is 0 Å². The van der Waals surface area contributed by atoms with Crippen molar-refractivity contribution in [2.24, 2.45) is 5.73 Å². The molecule has 0 aromatic heterocycles. The number of rotatable bonds is 4. The second kappa shape index (κ2) is 6.88. The van der Waals surface area contributed by atoms with Crippen LogP contribution < -0.4 is 5.73 Å². The molecule has 4 heteroatoms. The Bertz CT molecular complexity index is 424. The topological polar surface area (TPSA) is 35.2 Å². The highest BCUT2D eigenvalue weighted by atomic mass is 35.5. The Labute approximate surface area is 125 Å². The molecule has 0 spiro atoms. The molecule has 1 aliphatic carbocycles. The van der Waals surface area contributed by atoms with Crippen molar-refractivity contribution in [1.29, 1.82) is 0 Å². The Kier molecular flexibility index (Phi) is 5.42. The molecule has 0 heterocycles. The van der Waals surface area contributed by atoms with Gasteiger partial charge in [0.25, 0.3) is 0 Å². The standard InChI is InChI=1S/C16H23ClFNO/c1-20-16(9-4-2-3-5-10-16)15(19)11-12-13(17)7-6-8-14(12)18/h6-8,15H,2-5,9-11,19H2,1H3. The van der Waals surface area contributed by atoms with Gasteiger partial charge in [-0.25, -0.2) is 4.39 Å². The molecule has 0 saturated heterocycles. The van der Waals surface area contributed by atoms with Crippen LogP contribution in [0.4, 0.5) is 4.39 Å². The van der Waals surface area contributed by atoms with Gasteiger partial charge in [-0.1, -0.05) is 43.4 Å². The predicted molar refractivity (Wildman–Crippen MR) is 80.5 cm³/mol. The Hall–Kier alpha value is -0.640. The Morgan fingerprint density at radius 1 is 1.30 bits per heavy atom. The Balaban J connectivity index is 2.18. The van der Waals surface area contributed by atoms with Gasteiger partial charge in [0.15, 0.2) is 0 Å². The van der Waals surface area contributed by atoms with Gasteiger partial charge in [-0.05, 0) is 31.4 Å². The molecule has 0 bridgehead atoms. The lowest BCUT2D eigenvalue weighted by atomic mass is 9.83. The minimum atomic E-state index is -0.345. The third-order valence-corrected chi connectivity index (χ3v) is 4.87. The first-order chi connectivity index (χ1) is 9.59. The molecule has 1 aromatic rings. The molecule has 0 amide bonds. The van der Waals surface area contributed by atoms with E-state index in [4.69, 9.17) is 22.1 Å². The number of hydrogen-bond acceptors (Lipinski definition) is 2. The highest BCUT2D eigenvalue weighted by molar-refractivity contribution is 6.31. The summed E-state index contributed by atoms with van der Waals surface area (Å²) in [5.41, 5.74) is 6.54. The normalized spacial score (nSPS) is 20.4. The second-order valence-electron chi connectivity index (χ2n) is 5.69. The van der Waals surface area contributed by atoms with E-state index < -0.39 is 0 Å². The number of benzene rings is 1. The average molecular weight is 300 g/mol. The molecule has 112 valence electrons. The van der Waals surface area contributed by atoms with E-state index in [1.807, 2.05) is 0 Å². The van der Waals surface area contributed by atoms with Crippen LogP contribution in [0.15, 0.2) is 18.2 Å². The van der Waals surface area contributed by atoms with E-state index in [0.717, 1.165) is 25.7 Å². The van der Waals surface area contributed by atoms with Crippen LogP contribution in [-0.2, 0) is 11.2 Å². The molecule has 1 atom stereocenters. The van der Waals surface area contributed by atoms with Crippen LogP contribution in [0.3, 0.4) is 0 Å². The van der Waals surface area contributed by atoms with E-state index in [1.165, 1.54) is 18.9 Å². The van der Waals surface area contributed by atoms with E-state index in [-0.39, 0.29) is 17.5 Å². The maximum atomic E-state index is 13.9. The number of halogens is 2. The zero-order valence-corrected chi connectivity index (χ0v) is 12.8. The molecule has 0 aliphatic heterocycles. The van der Waals surface area contributed by atoms with Crippen LogP contribution >= 0.6 is 11.6 Å². The van der Waals surface area contributed by atoms with Crippen molar-refractivity contribution in [1.82, 2.24) is 0 Å². The van der Waals surface area contributed by atoms with E-state index >= 15 is 0 Å². The summed E-state index contributed by atoms with van der Waals surface area (Å²) in [6.45, 7) is 0. The monoisotopic (exact) mass is 299 g/mol. The van der Waals surface area contributed by atoms with Crippen molar-refractivity contribution in [3.8, 4) is 0 Å². The van der Waals surface area contributed by atoms with Crippen molar-refractivity contribution in [3.63, 3.8) is 0 Å². The maximum absolute atomic E-state index is 13.9. The molecule has 1 aromatic carbocycles. The lowest BCUT2D eigenvalue weighted by molar-refractivity contribution is -0.0431. The van der Waals surface area contributed by atoms with Gasteiger partial charge >= 0.3 is 0 Å². The van der Waals surface area contributed by atoms with Crippen molar-refractivity contribution in [2.75, 3.05) is 7.11 Å². The second-order valence-corrected chi connectivity index (χ2v) is 6.10. The molecule has 1 saturated carbocycles. The first kappa shape index (κ1) is 15.7. The summed E-state index contributed by atoms with van der Waals surface area (Å²) < 4.78 is 19.7. The maximum Gasteiger partial charge on any atom is 0.127 e. The van der Waals surface area contributed by atoms with E-state index in [1.54, 1.807) is 19.2 Å². The van der Waals surface area contributed by atoms with Gasteiger partial charge in [0.1, 0.15) is 5.82 Å². The summed E-state index contributed by atoms with van der Waals surface area (Å²) in [7, 11) is 1.72. The van der Waals surface area contributed by atoms with Crippen LogP contribution in [0, 0.1) is 5.82 Å². The van der Waals surface area contributed by atoms with Gasteiger partial charge in [0.05, 0.1) is 5.60 Å². The van der Waals surface area contributed by atoms with Crippen LogP contribution in [0.1, 0.15) is 44.1 Å². The number of methoxy groups -OCH3 is 1. The smallest absolute Gasteiger partial charge is 0.127 e. The fourth-order valence-electron chi connectivity index (χ4n) is 3.19. The third kappa shape index (κ3) is 3.33. The number of nitrogens with two attached hydrogens (primary N) is 1. The summed E-state index contributed by atoms with van der Waals surface area (Å²) in [4.78, 5) is 0. The molecule has 20 heavy (non-hydrogen) atoms. The quantitative estimate of drug-likeness (QED) is 0.850. The third-order valence-electron chi connectivity index (χ3n) is 4.52. The van der Waals surface area contributed by atoms with Crippen molar-refractivity contribution in [3.05, 3.63) is 34.6 Å². The van der Waals surface area contributed by atoms with Gasteiger partial charge in [0, 0.05) is 23.7 Å². The summed E-state index contributed by atoms with van der Waals surface area (Å²) in [5.74, 6) is -0.284. The minimum Gasteiger partial charge on any atom is -0.377 e. The molecule has 2 nitrogen and oxygen atoms in total. The van der Waals surface area contributed by atoms with Crippen LogP contribution in [-0.4, -0.2) is 18.8 Å². The van der Waals surface area contributed by atoms with Crippen LogP contribution in [0.2, 0.25) is 5.02 Å². The summed E-state index contributed by atoms with van der Waals surface area (Å²) in [6.07, 6.45) is 6.97. The first-order valence-corrected chi connectivity index (χ1v) is 7.70. The summed E-state index contributed by atoms with van der Waals surface area (Å²) >= 11 is 6.10. The zero-order chi connectivity index (χ0) is 14.6. The van der Waals surface area contributed by atoms with Crippen molar-refractivity contribution < 1.29 is 9.13 Å². The van der Waals surface area contributed by atoms with E-state index in [9.17, 15) is 4.39 Å². The molecule has 1 fully saturated rings. The molecule has 0 radical (unpaired) electrons. The first-order valence-electron chi connectivity index (χ1n) is 7.33. The van der Waals surface area contributed by atoms with Crippen LogP contribution in [0.25, 0.3) is 0 Å². The van der Waals surface area contributed by atoms with Gasteiger partial charge in [-0.15, -0.1) is 0 Å². The highest BCUT2D eigenvalue weighted by Gasteiger charge is 2.37. The number of ether oxygens (including phenoxy) is 1. The average Bonchev–Trinajstić information content (AvgIpc) is 2.69. The molecular formula is C16H23ClFNO.